The van der Waals surface area contributed by atoms with Crippen molar-refractivity contribution in [2.45, 2.75) is 51.6 Å². The van der Waals surface area contributed by atoms with Crippen LogP contribution in [-0.2, 0) is 11.2 Å². The number of rotatable bonds is 4. The molecule has 1 N–H and O–H groups in total. The van der Waals surface area contributed by atoms with E-state index in [2.05, 4.69) is 22.8 Å². The van der Waals surface area contributed by atoms with Gasteiger partial charge in [-0.25, -0.2) is 4.79 Å². The highest BCUT2D eigenvalue weighted by Gasteiger charge is 2.27. The molecule has 0 spiro atoms. The zero-order valence-electron chi connectivity index (χ0n) is 13.2. The summed E-state index contributed by atoms with van der Waals surface area (Å²) in [6, 6.07) is 4.54. The van der Waals surface area contributed by atoms with Gasteiger partial charge in [0.1, 0.15) is 0 Å². The Labute approximate surface area is 131 Å². The fraction of sp³-hybridized carbons (Fsp3) is 0.688. The molecule has 1 aromatic rings. The second-order valence-electron chi connectivity index (χ2n) is 6.55. The van der Waals surface area contributed by atoms with Gasteiger partial charge in [-0.05, 0) is 51.5 Å². The van der Waals surface area contributed by atoms with Crippen LogP contribution in [0.1, 0.15) is 38.5 Å². The first-order valence-corrected chi connectivity index (χ1v) is 8.52. The zero-order valence-corrected chi connectivity index (χ0v) is 14.0. The summed E-state index contributed by atoms with van der Waals surface area (Å²) in [5.74, 6) is 0. The lowest BCUT2D eigenvalue weighted by Gasteiger charge is -2.36. The third kappa shape index (κ3) is 5.32. The van der Waals surface area contributed by atoms with Crippen LogP contribution in [0.15, 0.2) is 17.5 Å². The van der Waals surface area contributed by atoms with Gasteiger partial charge in [-0.2, -0.15) is 0 Å². The van der Waals surface area contributed by atoms with Crippen LogP contribution in [0.5, 0.6) is 0 Å². The van der Waals surface area contributed by atoms with Gasteiger partial charge in [-0.3, -0.25) is 0 Å². The van der Waals surface area contributed by atoms with E-state index in [1.54, 1.807) is 11.3 Å². The van der Waals surface area contributed by atoms with Crippen LogP contribution in [0.2, 0.25) is 0 Å². The maximum absolute atomic E-state index is 12.6. The summed E-state index contributed by atoms with van der Waals surface area (Å²) < 4.78 is 5.42. The smallest absolute Gasteiger partial charge is 0.318 e. The third-order valence-corrected chi connectivity index (χ3v) is 4.49. The van der Waals surface area contributed by atoms with E-state index >= 15 is 0 Å². The van der Waals surface area contributed by atoms with Gasteiger partial charge in [-0.15, -0.1) is 11.3 Å². The van der Waals surface area contributed by atoms with Gasteiger partial charge >= 0.3 is 6.03 Å². The number of thiophene rings is 1. The summed E-state index contributed by atoms with van der Waals surface area (Å²) in [5, 5.41) is 5.18. The molecule has 0 saturated carbocycles. The summed E-state index contributed by atoms with van der Waals surface area (Å²) in [6.45, 7) is 8.34. The first-order chi connectivity index (χ1) is 9.96. The van der Waals surface area contributed by atoms with Crippen molar-refractivity contribution in [3.05, 3.63) is 22.4 Å². The van der Waals surface area contributed by atoms with E-state index in [1.165, 1.54) is 4.88 Å². The molecule has 5 heteroatoms. The van der Waals surface area contributed by atoms with Crippen LogP contribution >= 0.6 is 11.3 Å². The number of nitrogens with zero attached hydrogens (tertiary/aromatic N) is 1. The Hall–Kier alpha value is -1.07. The van der Waals surface area contributed by atoms with Crippen LogP contribution in [0.4, 0.5) is 4.79 Å². The third-order valence-electron chi connectivity index (χ3n) is 3.55. The van der Waals surface area contributed by atoms with Crippen molar-refractivity contribution in [2.75, 3.05) is 19.8 Å². The van der Waals surface area contributed by atoms with E-state index in [9.17, 15) is 4.79 Å². The van der Waals surface area contributed by atoms with Crippen molar-refractivity contribution in [2.24, 2.45) is 0 Å². The molecule has 1 aliphatic heterocycles. The number of ether oxygens (including phenoxy) is 1. The number of carbonyl (C=O) groups excluding carboxylic acids is 1. The molecule has 0 aromatic carbocycles. The van der Waals surface area contributed by atoms with E-state index in [4.69, 9.17) is 4.74 Å². The molecule has 2 heterocycles. The average molecular weight is 310 g/mol. The molecule has 0 atom stereocenters. The highest BCUT2D eigenvalue weighted by molar-refractivity contribution is 7.09. The number of urea groups is 1. The zero-order chi connectivity index (χ0) is 15.3. The molecule has 2 amide bonds. The largest absolute Gasteiger partial charge is 0.381 e. The quantitative estimate of drug-likeness (QED) is 0.927. The van der Waals surface area contributed by atoms with Gasteiger partial charge in [0.05, 0.1) is 0 Å². The van der Waals surface area contributed by atoms with Gasteiger partial charge in [-0.1, -0.05) is 6.07 Å². The SMILES string of the molecule is CC(C)(C)NC(=O)N(CCc1cccs1)C1CCOCC1. The number of hydrogen-bond donors (Lipinski definition) is 1. The topological polar surface area (TPSA) is 41.6 Å². The first-order valence-electron chi connectivity index (χ1n) is 7.64. The van der Waals surface area contributed by atoms with E-state index in [1.807, 2.05) is 25.7 Å². The Morgan fingerprint density at radius 3 is 2.71 bits per heavy atom. The fourth-order valence-electron chi connectivity index (χ4n) is 2.52. The van der Waals surface area contributed by atoms with Gasteiger partial charge in [0.2, 0.25) is 0 Å². The molecule has 118 valence electrons. The van der Waals surface area contributed by atoms with Crippen LogP contribution in [-0.4, -0.2) is 42.3 Å². The Kier molecular flexibility index (Phi) is 5.65. The van der Waals surface area contributed by atoms with Crippen molar-refractivity contribution in [1.82, 2.24) is 10.2 Å². The molecule has 2 rings (SSSR count). The molecule has 0 unspecified atom stereocenters. The molecule has 0 aliphatic carbocycles. The summed E-state index contributed by atoms with van der Waals surface area (Å²) in [4.78, 5) is 15.9. The van der Waals surface area contributed by atoms with E-state index < -0.39 is 0 Å². The van der Waals surface area contributed by atoms with Gasteiger partial charge in [0, 0.05) is 36.2 Å². The van der Waals surface area contributed by atoms with Crippen molar-refractivity contribution in [3.8, 4) is 0 Å². The van der Waals surface area contributed by atoms with Crippen LogP contribution in [0.25, 0.3) is 0 Å². The second kappa shape index (κ2) is 7.27. The van der Waals surface area contributed by atoms with Crippen molar-refractivity contribution in [3.63, 3.8) is 0 Å². The summed E-state index contributed by atoms with van der Waals surface area (Å²) >= 11 is 1.75. The summed E-state index contributed by atoms with van der Waals surface area (Å²) in [5.41, 5.74) is -0.205. The molecule has 1 aromatic heterocycles. The minimum atomic E-state index is -0.205. The first kappa shape index (κ1) is 16.3. The number of carbonyl (C=O) groups is 1. The molecule has 1 aliphatic rings. The number of amides is 2. The highest BCUT2D eigenvalue weighted by atomic mass is 32.1. The summed E-state index contributed by atoms with van der Waals surface area (Å²) in [6.07, 6.45) is 2.79. The number of nitrogens with one attached hydrogen (secondary N) is 1. The maximum Gasteiger partial charge on any atom is 0.318 e. The minimum Gasteiger partial charge on any atom is -0.381 e. The van der Waals surface area contributed by atoms with Gasteiger partial charge < -0.3 is 15.0 Å². The molecular formula is C16H26N2O2S. The van der Waals surface area contributed by atoms with Crippen molar-refractivity contribution >= 4 is 17.4 Å². The predicted molar refractivity (Wildman–Crippen MR) is 86.9 cm³/mol. The Morgan fingerprint density at radius 1 is 1.43 bits per heavy atom. The standard InChI is InChI=1S/C16H26N2O2S/c1-16(2,3)17-15(19)18(13-7-10-20-11-8-13)9-6-14-5-4-12-21-14/h4-5,12-13H,6-11H2,1-3H3,(H,17,19). The molecule has 1 saturated heterocycles. The molecular weight excluding hydrogens is 284 g/mol. The van der Waals surface area contributed by atoms with Gasteiger partial charge in [0.25, 0.3) is 0 Å². The molecule has 0 bridgehead atoms. The van der Waals surface area contributed by atoms with Crippen LogP contribution < -0.4 is 5.32 Å². The van der Waals surface area contributed by atoms with E-state index in [-0.39, 0.29) is 11.6 Å². The predicted octanol–water partition coefficient (Wildman–Crippen LogP) is 3.28. The van der Waals surface area contributed by atoms with Crippen molar-refractivity contribution in [1.29, 1.82) is 0 Å². The highest BCUT2D eigenvalue weighted by Crippen LogP contribution is 2.18. The molecule has 21 heavy (non-hydrogen) atoms. The minimum absolute atomic E-state index is 0.0472. The van der Waals surface area contributed by atoms with Crippen LogP contribution in [0, 0.1) is 0 Å². The van der Waals surface area contributed by atoms with Gasteiger partial charge in [0.15, 0.2) is 0 Å². The normalized spacial score (nSPS) is 16.7. The van der Waals surface area contributed by atoms with Crippen molar-refractivity contribution < 1.29 is 9.53 Å². The maximum atomic E-state index is 12.6. The Bertz CT molecular complexity index is 434. The summed E-state index contributed by atoms with van der Waals surface area (Å²) in [7, 11) is 0. The lowest BCUT2D eigenvalue weighted by atomic mass is 10.1. The van der Waals surface area contributed by atoms with Crippen LogP contribution in [0.3, 0.4) is 0 Å². The Morgan fingerprint density at radius 2 is 2.14 bits per heavy atom. The fourth-order valence-corrected chi connectivity index (χ4v) is 3.22. The van der Waals surface area contributed by atoms with E-state index in [0.717, 1.165) is 39.0 Å². The lowest BCUT2D eigenvalue weighted by Crippen LogP contribution is -2.53. The molecule has 1 fully saturated rings. The van der Waals surface area contributed by atoms with E-state index in [0.29, 0.717) is 6.04 Å². The second-order valence-corrected chi connectivity index (χ2v) is 7.58. The molecule has 4 nitrogen and oxygen atoms in total. The number of hydrogen-bond acceptors (Lipinski definition) is 3. The Balaban J connectivity index is 2.00. The lowest BCUT2D eigenvalue weighted by molar-refractivity contribution is 0.0452. The monoisotopic (exact) mass is 310 g/mol. The molecule has 0 radical (unpaired) electrons. The average Bonchev–Trinajstić information content (AvgIpc) is 2.91.